The Morgan fingerprint density at radius 1 is 1.44 bits per heavy atom. The second-order valence-corrected chi connectivity index (χ2v) is 2.34. The fourth-order valence-electron chi connectivity index (χ4n) is 1.17. The summed E-state index contributed by atoms with van der Waals surface area (Å²) in [5, 5.41) is 3.25. The molecular formula is C7H9NO. The lowest BCUT2D eigenvalue weighted by atomic mass is 10.1. The molecule has 2 nitrogen and oxygen atoms in total. The molecule has 0 spiro atoms. The topological polar surface area (TPSA) is 25.2 Å². The highest BCUT2D eigenvalue weighted by Gasteiger charge is 2.08. The number of furan rings is 1. The van der Waals surface area contributed by atoms with E-state index in [1.165, 1.54) is 24.1 Å². The molecule has 0 saturated carbocycles. The molecular weight excluding hydrogens is 114 g/mol. The first kappa shape index (κ1) is 4.91. The summed E-state index contributed by atoms with van der Waals surface area (Å²) in [6.07, 6.45) is 5.99. The van der Waals surface area contributed by atoms with Crippen molar-refractivity contribution in [3.63, 3.8) is 0 Å². The minimum atomic E-state index is 1.09. The van der Waals surface area contributed by atoms with Gasteiger partial charge in [0, 0.05) is 12.1 Å². The molecule has 0 amide bonds. The molecule has 2 rings (SSSR count). The summed E-state index contributed by atoms with van der Waals surface area (Å²) in [5.41, 5.74) is 2.50. The molecule has 1 aliphatic rings. The summed E-state index contributed by atoms with van der Waals surface area (Å²) in [6, 6.07) is 0. The summed E-state index contributed by atoms with van der Waals surface area (Å²) in [6.45, 7) is 1.09. The average molecular weight is 123 g/mol. The van der Waals surface area contributed by atoms with Crippen LogP contribution in [-0.2, 0) is 6.42 Å². The van der Waals surface area contributed by atoms with Gasteiger partial charge in [-0.2, -0.15) is 0 Å². The van der Waals surface area contributed by atoms with E-state index in [4.69, 9.17) is 4.42 Å². The van der Waals surface area contributed by atoms with Gasteiger partial charge in [0.2, 0.25) is 0 Å². The van der Waals surface area contributed by atoms with Crippen LogP contribution in [0.4, 0.5) is 5.69 Å². The Morgan fingerprint density at radius 3 is 3.33 bits per heavy atom. The zero-order chi connectivity index (χ0) is 6.10. The van der Waals surface area contributed by atoms with Crippen LogP contribution in [0.2, 0.25) is 0 Å². The predicted molar refractivity (Wildman–Crippen MR) is 35.5 cm³/mol. The maximum atomic E-state index is 5.00. The van der Waals surface area contributed by atoms with Gasteiger partial charge in [-0.05, 0) is 12.8 Å². The Bertz CT molecular complexity index is 184. The van der Waals surface area contributed by atoms with Crippen molar-refractivity contribution in [2.45, 2.75) is 12.8 Å². The molecule has 2 heterocycles. The molecule has 0 radical (unpaired) electrons. The molecule has 0 atom stereocenters. The molecule has 9 heavy (non-hydrogen) atoms. The first-order valence-electron chi connectivity index (χ1n) is 3.26. The molecule has 1 aliphatic heterocycles. The van der Waals surface area contributed by atoms with Crippen LogP contribution in [0.5, 0.6) is 0 Å². The van der Waals surface area contributed by atoms with E-state index in [1.807, 2.05) is 6.26 Å². The Hall–Kier alpha value is -0.920. The van der Waals surface area contributed by atoms with Crippen molar-refractivity contribution < 1.29 is 4.42 Å². The largest absolute Gasteiger partial charge is 0.470 e. The van der Waals surface area contributed by atoms with Gasteiger partial charge in [0.25, 0.3) is 0 Å². The Morgan fingerprint density at radius 2 is 2.44 bits per heavy atom. The van der Waals surface area contributed by atoms with Gasteiger partial charge in [0.1, 0.15) is 6.26 Å². The number of hydrogen-bond donors (Lipinski definition) is 1. The molecule has 0 bridgehead atoms. The molecule has 0 aromatic carbocycles. The molecule has 48 valence electrons. The van der Waals surface area contributed by atoms with E-state index in [0.717, 1.165) is 6.54 Å². The van der Waals surface area contributed by atoms with Crippen LogP contribution in [0.1, 0.15) is 12.0 Å². The molecule has 0 saturated heterocycles. The zero-order valence-electron chi connectivity index (χ0n) is 5.18. The van der Waals surface area contributed by atoms with Crippen LogP contribution < -0.4 is 5.32 Å². The smallest absolute Gasteiger partial charge is 0.114 e. The fourth-order valence-corrected chi connectivity index (χ4v) is 1.17. The van der Waals surface area contributed by atoms with Crippen molar-refractivity contribution in [1.82, 2.24) is 0 Å². The number of fused-ring (bicyclic) bond motifs is 1. The molecule has 0 unspecified atom stereocenters. The Kier molecular flexibility index (Phi) is 0.979. The molecule has 2 heteroatoms. The number of rotatable bonds is 0. The lowest BCUT2D eigenvalue weighted by molar-refractivity contribution is 0.565. The minimum absolute atomic E-state index is 1.09. The summed E-state index contributed by atoms with van der Waals surface area (Å²) in [5.74, 6) is 0. The van der Waals surface area contributed by atoms with E-state index in [2.05, 4.69) is 5.32 Å². The van der Waals surface area contributed by atoms with E-state index >= 15 is 0 Å². The fraction of sp³-hybridized carbons (Fsp3) is 0.429. The minimum Gasteiger partial charge on any atom is -0.470 e. The highest BCUT2D eigenvalue weighted by atomic mass is 16.3. The van der Waals surface area contributed by atoms with Crippen molar-refractivity contribution in [3.8, 4) is 0 Å². The van der Waals surface area contributed by atoms with Gasteiger partial charge >= 0.3 is 0 Å². The highest BCUT2D eigenvalue weighted by Crippen LogP contribution is 2.21. The van der Waals surface area contributed by atoms with E-state index in [1.54, 1.807) is 6.26 Å². The van der Waals surface area contributed by atoms with Gasteiger partial charge in [-0.3, -0.25) is 0 Å². The van der Waals surface area contributed by atoms with E-state index < -0.39 is 0 Å². The van der Waals surface area contributed by atoms with Crippen molar-refractivity contribution in [3.05, 3.63) is 18.1 Å². The van der Waals surface area contributed by atoms with Crippen molar-refractivity contribution in [2.24, 2.45) is 0 Å². The third-order valence-electron chi connectivity index (χ3n) is 1.68. The zero-order valence-corrected chi connectivity index (χ0v) is 5.18. The highest BCUT2D eigenvalue weighted by molar-refractivity contribution is 5.49. The molecule has 1 aromatic rings. The van der Waals surface area contributed by atoms with Crippen LogP contribution >= 0.6 is 0 Å². The van der Waals surface area contributed by atoms with E-state index in [-0.39, 0.29) is 0 Å². The van der Waals surface area contributed by atoms with Crippen molar-refractivity contribution in [2.75, 3.05) is 11.9 Å². The maximum absolute atomic E-state index is 5.00. The van der Waals surface area contributed by atoms with Crippen molar-refractivity contribution in [1.29, 1.82) is 0 Å². The number of aryl methyl sites for hydroxylation is 1. The molecule has 0 aliphatic carbocycles. The van der Waals surface area contributed by atoms with Gasteiger partial charge in [-0.25, -0.2) is 0 Å². The summed E-state index contributed by atoms with van der Waals surface area (Å²) in [4.78, 5) is 0. The van der Waals surface area contributed by atoms with E-state index in [9.17, 15) is 0 Å². The Labute approximate surface area is 53.9 Å². The van der Waals surface area contributed by atoms with Gasteiger partial charge in [-0.15, -0.1) is 0 Å². The van der Waals surface area contributed by atoms with Gasteiger partial charge < -0.3 is 9.73 Å². The number of hydrogen-bond acceptors (Lipinski definition) is 2. The third-order valence-corrected chi connectivity index (χ3v) is 1.68. The molecule has 1 N–H and O–H groups in total. The number of nitrogens with one attached hydrogen (secondary N) is 1. The van der Waals surface area contributed by atoms with Gasteiger partial charge in [-0.1, -0.05) is 0 Å². The third kappa shape index (κ3) is 0.707. The monoisotopic (exact) mass is 123 g/mol. The first-order valence-corrected chi connectivity index (χ1v) is 3.26. The first-order chi connectivity index (χ1) is 4.47. The van der Waals surface area contributed by atoms with Crippen LogP contribution in [-0.4, -0.2) is 6.54 Å². The second kappa shape index (κ2) is 1.79. The maximum Gasteiger partial charge on any atom is 0.114 e. The standard InChI is InChI=1S/C7H9NO/c1-2-6-4-9-5-7(6)8-3-1/h4-5,8H,1-3H2. The number of anilines is 1. The average Bonchev–Trinajstić information content (AvgIpc) is 2.33. The normalized spacial score (nSPS) is 16.4. The van der Waals surface area contributed by atoms with Crippen molar-refractivity contribution >= 4 is 5.69 Å². The summed E-state index contributed by atoms with van der Waals surface area (Å²) in [7, 11) is 0. The quantitative estimate of drug-likeness (QED) is 0.567. The van der Waals surface area contributed by atoms with Crippen LogP contribution in [0.15, 0.2) is 16.9 Å². The SMILES string of the molecule is c1occ2c1CCCN2. The lowest BCUT2D eigenvalue weighted by Gasteiger charge is -2.10. The second-order valence-electron chi connectivity index (χ2n) is 2.34. The van der Waals surface area contributed by atoms with E-state index in [0.29, 0.717) is 0 Å². The predicted octanol–water partition coefficient (Wildman–Crippen LogP) is 1.64. The van der Waals surface area contributed by atoms with Crippen LogP contribution in [0.25, 0.3) is 0 Å². The summed E-state index contributed by atoms with van der Waals surface area (Å²) < 4.78 is 5.00. The summed E-state index contributed by atoms with van der Waals surface area (Å²) >= 11 is 0. The van der Waals surface area contributed by atoms with Crippen LogP contribution in [0, 0.1) is 0 Å². The lowest BCUT2D eigenvalue weighted by Crippen LogP contribution is -2.08. The molecule has 0 fully saturated rings. The van der Waals surface area contributed by atoms with Gasteiger partial charge in [0.15, 0.2) is 0 Å². The Balaban J connectivity index is 2.39. The van der Waals surface area contributed by atoms with Crippen LogP contribution in [0.3, 0.4) is 0 Å². The molecule has 1 aromatic heterocycles. The van der Waals surface area contributed by atoms with Gasteiger partial charge in [0.05, 0.1) is 12.0 Å².